The summed E-state index contributed by atoms with van der Waals surface area (Å²) in [6.45, 7) is 3.00. The molecule has 2 aromatic carbocycles. The van der Waals surface area contributed by atoms with Gasteiger partial charge in [0.15, 0.2) is 0 Å². The van der Waals surface area contributed by atoms with Crippen molar-refractivity contribution in [2.75, 3.05) is 0 Å². The number of Topliss-reactive ketones (excluding diaryl/α,β-unsaturated/α-hetero) is 1. The number of carbonyl (C=O) groups excluding carboxylic acids is 2. The summed E-state index contributed by atoms with van der Waals surface area (Å²) in [5.74, 6) is -3.45. The van der Waals surface area contributed by atoms with Crippen LogP contribution in [0.15, 0.2) is 36.4 Å². The number of aliphatic hydroxyl groups is 1. The monoisotopic (exact) mass is 354 g/mol. The molecule has 0 radical (unpaired) electrons. The molecule has 1 amide bonds. The normalized spacial score (nSPS) is 25.1. The molecule has 0 spiro atoms. The molecule has 8 nitrogen and oxygen atoms in total. The van der Waals surface area contributed by atoms with Gasteiger partial charge in [-0.05, 0) is 18.6 Å². The molecule has 8 heteroatoms. The lowest BCUT2D eigenvalue weighted by molar-refractivity contribution is -0.388. The Balaban J connectivity index is 2.10. The van der Waals surface area contributed by atoms with Crippen LogP contribution < -0.4 is 10.1 Å². The molecule has 0 fully saturated rings. The van der Waals surface area contributed by atoms with Crippen molar-refractivity contribution >= 4 is 17.4 Å². The third kappa shape index (κ3) is 1.71. The van der Waals surface area contributed by atoms with E-state index in [1.54, 1.807) is 25.1 Å². The highest BCUT2D eigenvalue weighted by Crippen LogP contribution is 2.59. The molecule has 1 heterocycles. The van der Waals surface area contributed by atoms with Crippen LogP contribution in [-0.4, -0.2) is 21.7 Å². The molecule has 2 N–H and O–H groups in total. The second kappa shape index (κ2) is 4.89. The van der Waals surface area contributed by atoms with Crippen LogP contribution in [0.3, 0.4) is 0 Å². The lowest BCUT2D eigenvalue weighted by Crippen LogP contribution is -2.59. The third-order valence-corrected chi connectivity index (χ3v) is 4.83. The van der Waals surface area contributed by atoms with Gasteiger partial charge in [0.2, 0.25) is 17.2 Å². The van der Waals surface area contributed by atoms with E-state index in [1.807, 2.05) is 0 Å². The zero-order valence-corrected chi connectivity index (χ0v) is 13.9. The average molecular weight is 354 g/mol. The first-order valence-electron chi connectivity index (χ1n) is 7.86. The number of amides is 1. The second-order valence-corrected chi connectivity index (χ2v) is 6.46. The maximum absolute atomic E-state index is 13.3. The summed E-state index contributed by atoms with van der Waals surface area (Å²) in [7, 11) is 0. The van der Waals surface area contributed by atoms with E-state index in [0.29, 0.717) is 0 Å². The number of aryl methyl sites for hydroxylation is 1. The molecule has 0 saturated heterocycles. The Kier molecular flexibility index (Phi) is 3.05. The highest BCUT2D eigenvalue weighted by molar-refractivity contribution is 6.13. The largest absolute Gasteiger partial charge is 0.454 e. The fraction of sp³-hybridized carbons (Fsp3) is 0.222. The molecule has 2 aliphatic rings. The van der Waals surface area contributed by atoms with Crippen molar-refractivity contribution in [3.63, 3.8) is 0 Å². The minimum Gasteiger partial charge on any atom is -0.454 e. The van der Waals surface area contributed by atoms with Gasteiger partial charge in [0.1, 0.15) is 11.3 Å². The van der Waals surface area contributed by atoms with Crippen LogP contribution in [0.25, 0.3) is 0 Å². The molecular formula is C18H14N2O6. The Morgan fingerprint density at radius 2 is 2.04 bits per heavy atom. The molecule has 2 atom stereocenters. The van der Waals surface area contributed by atoms with Crippen LogP contribution in [0.5, 0.6) is 5.75 Å². The minimum atomic E-state index is -2.41. The number of fused-ring (bicyclic) bond motifs is 5. The molecule has 0 aromatic heterocycles. The molecule has 2 unspecified atom stereocenters. The number of hydrogen-bond donors (Lipinski definition) is 2. The van der Waals surface area contributed by atoms with Crippen molar-refractivity contribution in [1.29, 1.82) is 0 Å². The highest BCUT2D eigenvalue weighted by atomic mass is 16.6. The average Bonchev–Trinajstić information content (AvgIpc) is 2.91. The van der Waals surface area contributed by atoms with E-state index in [9.17, 15) is 24.8 Å². The SMILES string of the molecule is CC(=O)NC12C(=O)c3cccc([N+](=O)[O-])c3C1(O)Oc1cc(C)ccc12. The molecule has 4 rings (SSSR count). The summed E-state index contributed by atoms with van der Waals surface area (Å²) in [6, 6.07) is 8.82. The maximum atomic E-state index is 13.3. The van der Waals surface area contributed by atoms with Gasteiger partial charge in [0.05, 0.1) is 4.92 Å². The fourth-order valence-corrected chi connectivity index (χ4v) is 3.87. The van der Waals surface area contributed by atoms with E-state index in [-0.39, 0.29) is 22.4 Å². The lowest BCUT2D eigenvalue weighted by atomic mass is 9.82. The summed E-state index contributed by atoms with van der Waals surface area (Å²) in [5, 5.41) is 25.4. The Hall–Kier alpha value is -3.26. The number of benzene rings is 2. The van der Waals surface area contributed by atoms with E-state index < -0.39 is 33.6 Å². The van der Waals surface area contributed by atoms with Gasteiger partial charge >= 0.3 is 0 Å². The van der Waals surface area contributed by atoms with Crippen molar-refractivity contribution < 1.29 is 24.4 Å². The third-order valence-electron chi connectivity index (χ3n) is 4.83. The lowest BCUT2D eigenvalue weighted by Gasteiger charge is -2.33. The number of hydrogen-bond acceptors (Lipinski definition) is 6. The fourth-order valence-electron chi connectivity index (χ4n) is 3.87. The van der Waals surface area contributed by atoms with E-state index in [1.165, 1.54) is 25.1 Å². The maximum Gasteiger partial charge on any atom is 0.280 e. The van der Waals surface area contributed by atoms with E-state index in [4.69, 9.17) is 4.74 Å². The first-order chi connectivity index (χ1) is 12.2. The number of nitro benzene ring substituents is 1. The van der Waals surface area contributed by atoms with Gasteiger partial charge in [-0.1, -0.05) is 24.3 Å². The van der Waals surface area contributed by atoms with Gasteiger partial charge in [-0.15, -0.1) is 0 Å². The predicted octanol–water partition coefficient (Wildman–Crippen LogP) is 1.67. The molecule has 132 valence electrons. The second-order valence-electron chi connectivity index (χ2n) is 6.46. The van der Waals surface area contributed by atoms with Gasteiger partial charge in [0.25, 0.3) is 11.5 Å². The topological polar surface area (TPSA) is 119 Å². The number of nitrogens with zero attached hydrogens (tertiary/aromatic N) is 1. The first-order valence-corrected chi connectivity index (χ1v) is 7.86. The number of ether oxygens (including phenoxy) is 1. The summed E-state index contributed by atoms with van der Waals surface area (Å²) < 4.78 is 5.71. The Morgan fingerprint density at radius 1 is 1.31 bits per heavy atom. The van der Waals surface area contributed by atoms with Gasteiger partial charge < -0.3 is 15.2 Å². The van der Waals surface area contributed by atoms with Crippen molar-refractivity contribution in [1.82, 2.24) is 5.32 Å². The van der Waals surface area contributed by atoms with Gasteiger partial charge in [-0.2, -0.15) is 0 Å². The quantitative estimate of drug-likeness (QED) is 0.625. The number of rotatable bonds is 2. The van der Waals surface area contributed by atoms with Crippen molar-refractivity contribution in [2.45, 2.75) is 25.2 Å². The van der Waals surface area contributed by atoms with Crippen LogP contribution in [0.4, 0.5) is 5.69 Å². The Labute approximate surface area is 147 Å². The van der Waals surface area contributed by atoms with Crippen LogP contribution in [0.1, 0.15) is 34.0 Å². The molecule has 0 saturated carbocycles. The van der Waals surface area contributed by atoms with E-state index in [2.05, 4.69) is 5.32 Å². The molecule has 1 aliphatic heterocycles. The first kappa shape index (κ1) is 16.2. The van der Waals surface area contributed by atoms with Gasteiger partial charge in [-0.25, -0.2) is 0 Å². The number of nitrogens with one attached hydrogen (secondary N) is 1. The standard InChI is InChI=1S/C18H14N2O6/c1-9-6-7-12-14(8-9)26-18(23)15-11(4-3-5-13(15)20(24)25)16(22)17(12,18)19-10(2)21/h3-8,23H,1-2H3,(H,19,21). The Bertz CT molecular complexity index is 1020. The van der Waals surface area contributed by atoms with Crippen molar-refractivity contribution in [2.24, 2.45) is 0 Å². The van der Waals surface area contributed by atoms with Crippen molar-refractivity contribution in [3.8, 4) is 5.75 Å². The number of ketones is 1. The molecule has 26 heavy (non-hydrogen) atoms. The van der Waals surface area contributed by atoms with Gasteiger partial charge in [0, 0.05) is 24.1 Å². The van der Waals surface area contributed by atoms with E-state index in [0.717, 1.165) is 5.56 Å². The van der Waals surface area contributed by atoms with Crippen LogP contribution in [-0.2, 0) is 16.1 Å². The van der Waals surface area contributed by atoms with Gasteiger partial charge in [-0.3, -0.25) is 19.7 Å². The molecule has 1 aliphatic carbocycles. The smallest absolute Gasteiger partial charge is 0.280 e. The van der Waals surface area contributed by atoms with E-state index >= 15 is 0 Å². The summed E-state index contributed by atoms with van der Waals surface area (Å²) in [5.41, 5.74) is -1.66. The summed E-state index contributed by atoms with van der Waals surface area (Å²) in [4.78, 5) is 36.0. The minimum absolute atomic E-state index is 0.0540. The predicted molar refractivity (Wildman–Crippen MR) is 88.6 cm³/mol. The summed E-state index contributed by atoms with van der Waals surface area (Å²) >= 11 is 0. The molecule has 2 aromatic rings. The highest BCUT2D eigenvalue weighted by Gasteiger charge is 2.73. The number of carbonyl (C=O) groups is 2. The van der Waals surface area contributed by atoms with Crippen LogP contribution in [0.2, 0.25) is 0 Å². The van der Waals surface area contributed by atoms with Crippen LogP contribution in [0, 0.1) is 17.0 Å². The van der Waals surface area contributed by atoms with Crippen LogP contribution >= 0.6 is 0 Å². The zero-order chi connectivity index (χ0) is 18.9. The zero-order valence-electron chi connectivity index (χ0n) is 13.9. The Morgan fingerprint density at radius 3 is 2.69 bits per heavy atom. The summed E-state index contributed by atoms with van der Waals surface area (Å²) in [6.07, 6.45) is 0. The molecular weight excluding hydrogens is 340 g/mol. The number of nitro groups is 1. The van der Waals surface area contributed by atoms with Crippen molar-refractivity contribution in [3.05, 3.63) is 68.8 Å². The molecule has 0 bridgehead atoms.